The number of hydrogen-bond acceptors (Lipinski definition) is 3. The Balaban J connectivity index is 0.00000289. The van der Waals surface area contributed by atoms with E-state index in [2.05, 4.69) is 33.8 Å². The minimum absolute atomic E-state index is 0. The minimum Gasteiger partial charge on any atom is -0.493 e. The number of carbonyl (C=O) groups excluding carboxylic acids is 1. The number of para-hydroxylation sites is 1. The zero-order valence-electron chi connectivity index (χ0n) is 18.7. The van der Waals surface area contributed by atoms with E-state index < -0.39 is 0 Å². The van der Waals surface area contributed by atoms with Crippen molar-refractivity contribution in [1.29, 1.82) is 0 Å². The van der Waals surface area contributed by atoms with E-state index in [0.717, 1.165) is 42.8 Å². The summed E-state index contributed by atoms with van der Waals surface area (Å²) in [5.41, 5.74) is 3.48. The minimum atomic E-state index is 0. The van der Waals surface area contributed by atoms with Gasteiger partial charge in [-0.15, -0.1) is 24.0 Å². The lowest BCUT2D eigenvalue weighted by atomic mass is 10.1. The van der Waals surface area contributed by atoms with Crippen molar-refractivity contribution in [2.24, 2.45) is 10.9 Å². The van der Waals surface area contributed by atoms with Gasteiger partial charge in [0.15, 0.2) is 5.96 Å². The van der Waals surface area contributed by atoms with Crippen LogP contribution < -0.4 is 15.4 Å². The Morgan fingerprint density at radius 3 is 2.34 bits per heavy atom. The fourth-order valence-corrected chi connectivity index (χ4v) is 3.82. The molecule has 1 heterocycles. The number of aliphatic imine (C=N–C) groups is 1. The molecule has 1 saturated carbocycles. The Labute approximate surface area is 207 Å². The van der Waals surface area contributed by atoms with E-state index in [0.29, 0.717) is 26.1 Å². The van der Waals surface area contributed by atoms with Crippen molar-refractivity contribution in [2.45, 2.75) is 45.3 Å². The highest BCUT2D eigenvalue weighted by Gasteiger charge is 2.22. The predicted molar refractivity (Wildman–Crippen MR) is 138 cm³/mol. The molecule has 0 radical (unpaired) electrons. The molecule has 2 aliphatic rings. The molecule has 0 spiro atoms. The molecule has 6 nitrogen and oxygen atoms in total. The highest BCUT2D eigenvalue weighted by molar-refractivity contribution is 14.0. The summed E-state index contributed by atoms with van der Waals surface area (Å²) in [5.74, 6) is 2.66. The average molecular weight is 548 g/mol. The van der Waals surface area contributed by atoms with Crippen molar-refractivity contribution >= 4 is 35.8 Å². The first-order valence-electron chi connectivity index (χ1n) is 11.2. The second-order valence-corrected chi connectivity index (χ2v) is 8.33. The molecule has 0 aromatic heterocycles. The van der Waals surface area contributed by atoms with Crippen molar-refractivity contribution in [3.05, 3.63) is 65.2 Å². The van der Waals surface area contributed by atoms with Gasteiger partial charge in [-0.2, -0.15) is 0 Å². The molecule has 1 aliphatic carbocycles. The molecule has 2 N–H and O–H groups in total. The Morgan fingerprint density at radius 1 is 1.03 bits per heavy atom. The molecule has 32 heavy (non-hydrogen) atoms. The predicted octanol–water partition coefficient (Wildman–Crippen LogP) is 4.08. The summed E-state index contributed by atoms with van der Waals surface area (Å²) in [6.45, 7) is 3.63. The number of hydrogen-bond donors (Lipinski definition) is 2. The number of guanidine groups is 1. The number of benzene rings is 2. The fourth-order valence-electron chi connectivity index (χ4n) is 3.82. The monoisotopic (exact) mass is 548 g/mol. The van der Waals surface area contributed by atoms with Crippen LogP contribution >= 0.6 is 24.0 Å². The van der Waals surface area contributed by atoms with E-state index in [1.165, 1.54) is 24.0 Å². The van der Waals surface area contributed by atoms with Gasteiger partial charge >= 0.3 is 0 Å². The molecular weight excluding hydrogens is 515 g/mol. The fraction of sp³-hybridized carbons (Fsp3) is 0.440. The molecule has 0 bridgehead atoms. The molecule has 2 aromatic rings. The number of amides is 1. The summed E-state index contributed by atoms with van der Waals surface area (Å²) in [4.78, 5) is 18.3. The summed E-state index contributed by atoms with van der Waals surface area (Å²) in [6.07, 6.45) is 4.19. The van der Waals surface area contributed by atoms with Gasteiger partial charge in [0.05, 0.1) is 6.61 Å². The van der Waals surface area contributed by atoms with E-state index in [-0.39, 0.29) is 29.9 Å². The lowest BCUT2D eigenvalue weighted by Gasteiger charge is -2.19. The normalized spacial score (nSPS) is 16.0. The van der Waals surface area contributed by atoms with Crippen molar-refractivity contribution < 1.29 is 9.53 Å². The zero-order valence-corrected chi connectivity index (χ0v) is 21.0. The van der Waals surface area contributed by atoms with Gasteiger partial charge in [-0.25, -0.2) is 0 Å². The van der Waals surface area contributed by atoms with Crippen molar-refractivity contribution in [3.8, 4) is 5.75 Å². The maximum atomic E-state index is 12.0. The molecule has 2 fully saturated rings. The van der Waals surface area contributed by atoms with Crippen LogP contribution in [0.15, 0.2) is 53.5 Å². The van der Waals surface area contributed by atoms with Gasteiger partial charge in [0.2, 0.25) is 5.91 Å². The van der Waals surface area contributed by atoms with Gasteiger partial charge in [0, 0.05) is 45.2 Å². The van der Waals surface area contributed by atoms with Crippen LogP contribution in [0.5, 0.6) is 5.75 Å². The molecule has 7 heteroatoms. The summed E-state index contributed by atoms with van der Waals surface area (Å²) in [7, 11) is 1.78. The summed E-state index contributed by atoms with van der Waals surface area (Å²) < 4.78 is 6.01. The Bertz CT molecular complexity index is 930. The van der Waals surface area contributed by atoms with Crippen LogP contribution in [0.3, 0.4) is 0 Å². The summed E-state index contributed by atoms with van der Waals surface area (Å²) in [5, 5.41) is 6.80. The lowest BCUT2D eigenvalue weighted by molar-refractivity contribution is -0.128. The molecule has 0 atom stereocenters. The van der Waals surface area contributed by atoms with Crippen LogP contribution in [0.2, 0.25) is 0 Å². The summed E-state index contributed by atoms with van der Waals surface area (Å²) in [6, 6.07) is 16.5. The average Bonchev–Trinajstić information content (AvgIpc) is 3.55. The van der Waals surface area contributed by atoms with Gasteiger partial charge in [0.1, 0.15) is 5.75 Å². The van der Waals surface area contributed by atoms with Crippen molar-refractivity contribution in [2.75, 3.05) is 20.2 Å². The topological polar surface area (TPSA) is 66.0 Å². The van der Waals surface area contributed by atoms with Crippen LogP contribution in [-0.2, 0) is 24.4 Å². The van der Waals surface area contributed by atoms with Gasteiger partial charge in [-0.1, -0.05) is 42.5 Å². The SMILES string of the molecule is CN=C(NCc1ccccc1CN1CCCC1=O)NCc1ccccc1OCC1CC1.I. The van der Waals surface area contributed by atoms with Gasteiger partial charge in [0.25, 0.3) is 0 Å². The highest BCUT2D eigenvalue weighted by Crippen LogP contribution is 2.30. The first-order chi connectivity index (χ1) is 15.2. The third-order valence-corrected chi connectivity index (χ3v) is 5.91. The van der Waals surface area contributed by atoms with Crippen LogP contribution in [0, 0.1) is 5.92 Å². The Hall–Kier alpha value is -2.29. The Kier molecular flexibility index (Phi) is 9.20. The van der Waals surface area contributed by atoms with E-state index in [1.807, 2.05) is 35.2 Å². The van der Waals surface area contributed by atoms with Gasteiger partial charge < -0.3 is 20.3 Å². The standard InChI is InChI=1S/C25H32N4O2.HI/c1-26-25(28-16-21-8-4-5-10-23(21)31-18-19-12-13-19)27-15-20-7-2-3-9-22(20)17-29-14-6-11-24(29)30;/h2-5,7-10,19H,6,11-18H2,1H3,(H2,26,27,28);1H. The van der Waals surface area contributed by atoms with Crippen LogP contribution in [0.1, 0.15) is 42.4 Å². The molecule has 172 valence electrons. The second-order valence-electron chi connectivity index (χ2n) is 8.33. The number of likely N-dealkylation sites (tertiary alicyclic amines) is 1. The number of halogens is 1. The van der Waals surface area contributed by atoms with Crippen LogP contribution in [0.4, 0.5) is 0 Å². The number of ether oxygens (including phenoxy) is 1. The number of nitrogens with one attached hydrogen (secondary N) is 2. The molecule has 1 amide bonds. The smallest absolute Gasteiger partial charge is 0.222 e. The maximum Gasteiger partial charge on any atom is 0.222 e. The van der Waals surface area contributed by atoms with Crippen molar-refractivity contribution in [1.82, 2.24) is 15.5 Å². The third kappa shape index (κ3) is 6.85. The highest BCUT2D eigenvalue weighted by atomic mass is 127. The largest absolute Gasteiger partial charge is 0.493 e. The molecule has 0 unspecified atom stereocenters. The molecule has 4 rings (SSSR count). The third-order valence-electron chi connectivity index (χ3n) is 5.91. The first-order valence-corrected chi connectivity index (χ1v) is 11.2. The summed E-state index contributed by atoms with van der Waals surface area (Å²) >= 11 is 0. The number of carbonyl (C=O) groups is 1. The maximum absolute atomic E-state index is 12.0. The van der Waals surface area contributed by atoms with E-state index in [1.54, 1.807) is 7.05 Å². The number of nitrogens with zero attached hydrogens (tertiary/aromatic N) is 2. The molecule has 2 aromatic carbocycles. The number of rotatable bonds is 9. The molecule has 1 aliphatic heterocycles. The second kappa shape index (κ2) is 12.1. The molecule has 1 saturated heterocycles. The van der Waals surface area contributed by atoms with E-state index in [4.69, 9.17) is 4.74 Å². The van der Waals surface area contributed by atoms with Gasteiger partial charge in [-0.05, 0) is 42.4 Å². The van der Waals surface area contributed by atoms with E-state index in [9.17, 15) is 4.79 Å². The van der Waals surface area contributed by atoms with Crippen molar-refractivity contribution in [3.63, 3.8) is 0 Å². The first kappa shape index (κ1) is 24.4. The quantitative estimate of drug-likeness (QED) is 0.282. The zero-order chi connectivity index (χ0) is 21.5. The van der Waals surface area contributed by atoms with Gasteiger partial charge in [-0.3, -0.25) is 9.79 Å². The molecular formula is C25H33IN4O2. The van der Waals surface area contributed by atoms with E-state index >= 15 is 0 Å². The lowest BCUT2D eigenvalue weighted by Crippen LogP contribution is -2.36. The van der Waals surface area contributed by atoms with Crippen LogP contribution in [-0.4, -0.2) is 37.0 Å². The van der Waals surface area contributed by atoms with Crippen LogP contribution in [0.25, 0.3) is 0 Å². The Morgan fingerprint density at radius 2 is 1.69 bits per heavy atom.